The highest BCUT2D eigenvalue weighted by atomic mass is 35.5. The van der Waals surface area contributed by atoms with Gasteiger partial charge in [0.05, 0.1) is 19.5 Å². The molecule has 0 aliphatic heterocycles. The molecule has 0 aliphatic rings. The third kappa shape index (κ3) is 2.76. The minimum atomic E-state index is -0.840. The van der Waals surface area contributed by atoms with Crippen molar-refractivity contribution in [3.05, 3.63) is 52.9 Å². The second-order valence-corrected chi connectivity index (χ2v) is 4.52. The average molecular weight is 282 g/mol. The lowest BCUT2D eigenvalue weighted by atomic mass is 9.89. The number of ether oxygens (including phenoxy) is 1. The number of nitrogens with two attached hydrogens (primary N) is 1. The maximum atomic E-state index is 10.4. The van der Waals surface area contributed by atoms with Crippen LogP contribution in [0.1, 0.15) is 23.1 Å². The van der Waals surface area contributed by atoms with E-state index in [4.69, 9.17) is 26.5 Å². The Kier molecular flexibility index (Phi) is 4.47. The molecule has 0 radical (unpaired) electrons. The van der Waals surface area contributed by atoms with E-state index in [9.17, 15) is 5.11 Å². The van der Waals surface area contributed by atoms with E-state index in [1.807, 2.05) is 24.3 Å². The van der Waals surface area contributed by atoms with Gasteiger partial charge in [-0.15, -0.1) is 0 Å². The molecule has 0 amide bonds. The van der Waals surface area contributed by atoms with E-state index in [2.05, 4.69) is 0 Å². The van der Waals surface area contributed by atoms with Crippen molar-refractivity contribution < 1.29 is 14.3 Å². The number of para-hydroxylation sites is 1. The van der Waals surface area contributed by atoms with E-state index < -0.39 is 6.10 Å². The van der Waals surface area contributed by atoms with Crippen LogP contribution in [0.25, 0.3) is 0 Å². The molecular formula is C14H16ClNO3. The smallest absolute Gasteiger partial charge is 0.198 e. The lowest BCUT2D eigenvalue weighted by molar-refractivity contribution is 0.145. The zero-order valence-corrected chi connectivity index (χ0v) is 11.3. The molecule has 5 heteroatoms. The number of rotatable bonds is 5. The summed E-state index contributed by atoms with van der Waals surface area (Å²) < 4.78 is 10.3. The Balaban J connectivity index is 2.37. The van der Waals surface area contributed by atoms with Gasteiger partial charge in [-0.25, -0.2) is 0 Å². The predicted molar refractivity (Wildman–Crippen MR) is 73.5 cm³/mol. The SMILES string of the molecule is COc1ccccc1C(CN)C(O)c1ccoc1Cl. The summed E-state index contributed by atoms with van der Waals surface area (Å²) in [5.41, 5.74) is 7.17. The Morgan fingerprint density at radius 3 is 2.63 bits per heavy atom. The Bertz CT molecular complexity index is 541. The summed E-state index contributed by atoms with van der Waals surface area (Å²) in [7, 11) is 1.59. The fraction of sp³-hybridized carbons (Fsp3) is 0.286. The first-order valence-corrected chi connectivity index (χ1v) is 6.30. The van der Waals surface area contributed by atoms with Crippen LogP contribution in [0.3, 0.4) is 0 Å². The van der Waals surface area contributed by atoms with Crippen molar-refractivity contribution in [3.8, 4) is 5.75 Å². The van der Waals surface area contributed by atoms with Crippen molar-refractivity contribution in [3.63, 3.8) is 0 Å². The molecule has 1 heterocycles. The lowest BCUT2D eigenvalue weighted by Gasteiger charge is -2.23. The van der Waals surface area contributed by atoms with Crippen molar-refractivity contribution in [2.45, 2.75) is 12.0 Å². The molecule has 1 aromatic heterocycles. The maximum Gasteiger partial charge on any atom is 0.198 e. The van der Waals surface area contributed by atoms with E-state index in [-0.39, 0.29) is 17.7 Å². The third-order valence-electron chi connectivity index (χ3n) is 3.14. The summed E-state index contributed by atoms with van der Waals surface area (Å²) in [4.78, 5) is 0. The van der Waals surface area contributed by atoms with Crippen LogP contribution < -0.4 is 10.5 Å². The van der Waals surface area contributed by atoms with Crippen LogP contribution in [-0.4, -0.2) is 18.8 Å². The number of hydrogen-bond donors (Lipinski definition) is 2. The molecule has 0 aliphatic carbocycles. The monoisotopic (exact) mass is 281 g/mol. The van der Waals surface area contributed by atoms with Crippen LogP contribution in [-0.2, 0) is 0 Å². The van der Waals surface area contributed by atoms with E-state index in [1.165, 1.54) is 6.26 Å². The van der Waals surface area contributed by atoms with Crippen molar-refractivity contribution in [1.29, 1.82) is 0 Å². The van der Waals surface area contributed by atoms with Gasteiger partial charge in [0.1, 0.15) is 5.75 Å². The standard InChI is InChI=1S/C14H16ClNO3/c1-18-12-5-3-2-4-9(12)11(8-16)13(17)10-6-7-19-14(10)15/h2-7,11,13,17H,8,16H2,1H3. The van der Waals surface area contributed by atoms with Crippen molar-refractivity contribution in [1.82, 2.24) is 0 Å². The van der Waals surface area contributed by atoms with E-state index in [0.29, 0.717) is 11.3 Å². The normalized spacial score (nSPS) is 14.1. The first-order valence-electron chi connectivity index (χ1n) is 5.93. The van der Waals surface area contributed by atoms with Gasteiger partial charge in [-0.2, -0.15) is 0 Å². The molecule has 102 valence electrons. The predicted octanol–water partition coefficient (Wildman–Crippen LogP) is 2.72. The van der Waals surface area contributed by atoms with Crippen molar-refractivity contribution in [2.75, 3.05) is 13.7 Å². The first kappa shape index (κ1) is 13.9. The minimum Gasteiger partial charge on any atom is -0.496 e. The van der Waals surface area contributed by atoms with Gasteiger partial charge < -0.3 is 20.0 Å². The van der Waals surface area contributed by atoms with Gasteiger partial charge in [-0.1, -0.05) is 18.2 Å². The zero-order chi connectivity index (χ0) is 13.8. The number of halogens is 1. The molecule has 0 saturated heterocycles. The quantitative estimate of drug-likeness (QED) is 0.884. The molecule has 2 unspecified atom stereocenters. The maximum absolute atomic E-state index is 10.4. The Labute approximate surface area is 116 Å². The molecule has 2 rings (SSSR count). The summed E-state index contributed by atoms with van der Waals surface area (Å²) in [6.07, 6.45) is 0.601. The minimum absolute atomic E-state index is 0.181. The second kappa shape index (κ2) is 6.10. The van der Waals surface area contributed by atoms with Crippen molar-refractivity contribution >= 4 is 11.6 Å². The van der Waals surface area contributed by atoms with Gasteiger partial charge in [-0.05, 0) is 23.7 Å². The molecule has 1 aromatic carbocycles. The van der Waals surface area contributed by atoms with Gasteiger partial charge in [0.15, 0.2) is 5.22 Å². The fourth-order valence-corrected chi connectivity index (χ4v) is 2.36. The molecule has 0 saturated carbocycles. The highest BCUT2D eigenvalue weighted by Crippen LogP contribution is 2.37. The van der Waals surface area contributed by atoms with Gasteiger partial charge >= 0.3 is 0 Å². The molecule has 2 atom stereocenters. The van der Waals surface area contributed by atoms with E-state index in [0.717, 1.165) is 5.56 Å². The summed E-state index contributed by atoms with van der Waals surface area (Å²) in [5.74, 6) is 0.378. The number of aliphatic hydroxyl groups excluding tert-OH is 1. The van der Waals surface area contributed by atoms with Gasteiger partial charge in [0.2, 0.25) is 0 Å². The fourth-order valence-electron chi connectivity index (χ4n) is 2.13. The highest BCUT2D eigenvalue weighted by molar-refractivity contribution is 6.29. The number of furan rings is 1. The van der Waals surface area contributed by atoms with Crippen LogP contribution >= 0.6 is 11.6 Å². The average Bonchev–Trinajstić information content (AvgIpc) is 2.86. The molecule has 3 N–H and O–H groups in total. The number of hydrogen-bond acceptors (Lipinski definition) is 4. The summed E-state index contributed by atoms with van der Waals surface area (Å²) in [5, 5.41) is 10.6. The number of benzene rings is 1. The van der Waals surface area contributed by atoms with Gasteiger partial charge in [-0.3, -0.25) is 0 Å². The Morgan fingerprint density at radius 2 is 2.05 bits per heavy atom. The topological polar surface area (TPSA) is 68.6 Å². The number of methoxy groups -OCH3 is 1. The molecule has 0 fully saturated rings. The zero-order valence-electron chi connectivity index (χ0n) is 10.5. The van der Waals surface area contributed by atoms with Crippen LogP contribution in [0.4, 0.5) is 0 Å². The van der Waals surface area contributed by atoms with Gasteiger partial charge in [0, 0.05) is 23.6 Å². The third-order valence-corrected chi connectivity index (χ3v) is 3.45. The Hall–Kier alpha value is -1.49. The summed E-state index contributed by atoms with van der Waals surface area (Å²) in [6.45, 7) is 0.267. The number of aliphatic hydroxyl groups is 1. The second-order valence-electron chi connectivity index (χ2n) is 4.18. The van der Waals surface area contributed by atoms with Crippen LogP contribution in [0.15, 0.2) is 41.0 Å². The molecule has 0 spiro atoms. The molecule has 4 nitrogen and oxygen atoms in total. The largest absolute Gasteiger partial charge is 0.496 e. The van der Waals surface area contributed by atoms with E-state index in [1.54, 1.807) is 13.2 Å². The van der Waals surface area contributed by atoms with Crippen LogP contribution in [0.5, 0.6) is 5.75 Å². The van der Waals surface area contributed by atoms with Crippen molar-refractivity contribution in [2.24, 2.45) is 5.73 Å². The molecular weight excluding hydrogens is 266 g/mol. The van der Waals surface area contributed by atoms with Crippen LogP contribution in [0, 0.1) is 0 Å². The summed E-state index contributed by atoms with van der Waals surface area (Å²) >= 11 is 5.90. The van der Waals surface area contributed by atoms with Gasteiger partial charge in [0.25, 0.3) is 0 Å². The first-order chi connectivity index (χ1) is 9.19. The molecule has 19 heavy (non-hydrogen) atoms. The lowest BCUT2D eigenvalue weighted by Crippen LogP contribution is -2.20. The summed E-state index contributed by atoms with van der Waals surface area (Å²) in [6, 6.07) is 9.11. The highest BCUT2D eigenvalue weighted by Gasteiger charge is 2.27. The Morgan fingerprint density at radius 1 is 1.32 bits per heavy atom. The molecule has 2 aromatic rings. The van der Waals surface area contributed by atoms with Crippen LogP contribution in [0.2, 0.25) is 5.22 Å². The van der Waals surface area contributed by atoms with E-state index >= 15 is 0 Å². The molecule has 0 bridgehead atoms.